The first-order valence-corrected chi connectivity index (χ1v) is 6.20. The summed E-state index contributed by atoms with van der Waals surface area (Å²) in [6.45, 7) is 6.59. The van der Waals surface area contributed by atoms with Crippen LogP contribution in [0, 0.1) is 5.41 Å². The lowest BCUT2D eigenvalue weighted by atomic mass is 9.85. The molecule has 0 saturated carbocycles. The Hall–Kier alpha value is -1.48. The molecule has 0 spiro atoms. The summed E-state index contributed by atoms with van der Waals surface area (Å²) in [5.74, 6) is 1.82. The van der Waals surface area contributed by atoms with Crippen LogP contribution in [0.3, 0.4) is 0 Å². The summed E-state index contributed by atoms with van der Waals surface area (Å²) in [6, 6.07) is 8.15. The van der Waals surface area contributed by atoms with Gasteiger partial charge in [0, 0.05) is 5.39 Å². The van der Waals surface area contributed by atoms with Gasteiger partial charge in [0.2, 0.25) is 0 Å². The molecule has 0 amide bonds. The Bertz CT molecular complexity index is 537. The van der Waals surface area contributed by atoms with E-state index in [1.54, 1.807) is 7.11 Å². The molecule has 0 aliphatic carbocycles. The fourth-order valence-electron chi connectivity index (χ4n) is 2.31. The van der Waals surface area contributed by atoms with E-state index in [1.165, 1.54) is 0 Å². The van der Waals surface area contributed by atoms with E-state index in [1.807, 2.05) is 25.2 Å². The van der Waals surface area contributed by atoms with Crippen molar-refractivity contribution in [1.82, 2.24) is 5.32 Å². The van der Waals surface area contributed by atoms with E-state index in [4.69, 9.17) is 9.15 Å². The molecule has 0 saturated heterocycles. The molecule has 3 nitrogen and oxygen atoms in total. The largest absolute Gasteiger partial charge is 0.497 e. The second-order valence-corrected chi connectivity index (χ2v) is 5.64. The summed E-state index contributed by atoms with van der Waals surface area (Å²) in [5.41, 5.74) is 1.00. The highest BCUT2D eigenvalue weighted by Gasteiger charge is 2.27. The third-order valence-electron chi connectivity index (χ3n) is 3.18. The minimum Gasteiger partial charge on any atom is -0.497 e. The van der Waals surface area contributed by atoms with E-state index in [9.17, 15) is 0 Å². The molecule has 1 atom stereocenters. The maximum absolute atomic E-state index is 5.93. The third-order valence-corrected chi connectivity index (χ3v) is 3.18. The second-order valence-electron chi connectivity index (χ2n) is 5.64. The van der Waals surface area contributed by atoms with E-state index < -0.39 is 0 Å². The summed E-state index contributed by atoms with van der Waals surface area (Å²) in [7, 11) is 3.64. The number of fused-ring (bicyclic) bond motifs is 1. The smallest absolute Gasteiger partial charge is 0.134 e. The number of methoxy groups -OCH3 is 1. The lowest BCUT2D eigenvalue weighted by molar-refractivity contribution is 0.253. The van der Waals surface area contributed by atoms with Gasteiger partial charge in [-0.15, -0.1) is 0 Å². The lowest BCUT2D eigenvalue weighted by Gasteiger charge is -2.28. The topological polar surface area (TPSA) is 34.4 Å². The maximum Gasteiger partial charge on any atom is 0.134 e. The van der Waals surface area contributed by atoms with Crippen LogP contribution in [0.4, 0.5) is 0 Å². The molecule has 1 aromatic carbocycles. The monoisotopic (exact) mass is 247 g/mol. The van der Waals surface area contributed by atoms with Crippen LogP contribution in [-0.4, -0.2) is 14.2 Å². The summed E-state index contributed by atoms with van der Waals surface area (Å²) < 4.78 is 11.2. The minimum atomic E-state index is 0.104. The van der Waals surface area contributed by atoms with Crippen molar-refractivity contribution in [1.29, 1.82) is 0 Å². The van der Waals surface area contributed by atoms with E-state index in [2.05, 4.69) is 32.2 Å². The highest BCUT2D eigenvalue weighted by molar-refractivity contribution is 5.79. The van der Waals surface area contributed by atoms with Gasteiger partial charge in [-0.2, -0.15) is 0 Å². The van der Waals surface area contributed by atoms with E-state index in [-0.39, 0.29) is 11.5 Å². The van der Waals surface area contributed by atoms with Crippen molar-refractivity contribution in [3.63, 3.8) is 0 Å². The van der Waals surface area contributed by atoms with Gasteiger partial charge in [-0.25, -0.2) is 0 Å². The number of ether oxygens (including phenoxy) is 1. The van der Waals surface area contributed by atoms with E-state index in [0.29, 0.717) is 0 Å². The number of benzene rings is 1. The first-order chi connectivity index (χ1) is 8.45. The van der Waals surface area contributed by atoms with E-state index in [0.717, 1.165) is 22.5 Å². The van der Waals surface area contributed by atoms with Crippen LogP contribution in [0.2, 0.25) is 0 Å². The van der Waals surface area contributed by atoms with Crippen molar-refractivity contribution in [3.05, 3.63) is 30.0 Å². The molecule has 0 aliphatic heterocycles. The van der Waals surface area contributed by atoms with Gasteiger partial charge in [0.15, 0.2) is 0 Å². The zero-order valence-electron chi connectivity index (χ0n) is 11.7. The normalized spacial score (nSPS) is 13.8. The SMILES string of the molecule is CNC(c1cc2cc(OC)ccc2o1)C(C)(C)C. The molecule has 1 unspecified atom stereocenters. The van der Waals surface area contributed by atoms with Gasteiger partial charge in [0.05, 0.1) is 13.2 Å². The van der Waals surface area contributed by atoms with Crippen molar-refractivity contribution in [3.8, 4) is 5.75 Å². The highest BCUT2D eigenvalue weighted by atomic mass is 16.5. The minimum absolute atomic E-state index is 0.104. The molecule has 0 fully saturated rings. The molecule has 1 N–H and O–H groups in total. The van der Waals surface area contributed by atoms with Crippen LogP contribution in [-0.2, 0) is 0 Å². The summed E-state index contributed by atoms with van der Waals surface area (Å²) in [4.78, 5) is 0. The standard InChI is InChI=1S/C15H21NO2/c1-15(2,3)14(16-4)13-9-10-8-11(17-5)6-7-12(10)18-13/h6-9,14,16H,1-5H3. The second kappa shape index (κ2) is 4.65. The van der Waals surface area contributed by atoms with Crippen molar-refractivity contribution in [2.45, 2.75) is 26.8 Å². The van der Waals surface area contributed by atoms with Gasteiger partial charge in [-0.3, -0.25) is 0 Å². The molecule has 3 heteroatoms. The fourth-order valence-corrected chi connectivity index (χ4v) is 2.31. The average molecular weight is 247 g/mol. The predicted octanol–water partition coefficient (Wildman–Crippen LogP) is 3.75. The Balaban J connectivity index is 2.46. The number of hydrogen-bond acceptors (Lipinski definition) is 3. The van der Waals surface area contributed by atoms with Gasteiger partial charge in [0.25, 0.3) is 0 Å². The quantitative estimate of drug-likeness (QED) is 0.897. The zero-order valence-corrected chi connectivity index (χ0v) is 11.7. The molecule has 1 aromatic heterocycles. The van der Waals surface area contributed by atoms with Crippen molar-refractivity contribution in [2.24, 2.45) is 5.41 Å². The van der Waals surface area contributed by atoms with Crippen molar-refractivity contribution in [2.75, 3.05) is 14.2 Å². The molecule has 98 valence electrons. The van der Waals surface area contributed by atoms with Crippen LogP contribution in [0.15, 0.2) is 28.7 Å². The van der Waals surface area contributed by atoms with Gasteiger partial charge in [-0.05, 0) is 36.7 Å². The van der Waals surface area contributed by atoms with Gasteiger partial charge >= 0.3 is 0 Å². The molecule has 2 aromatic rings. The summed E-state index contributed by atoms with van der Waals surface area (Å²) in [5, 5.41) is 4.40. The van der Waals surface area contributed by atoms with E-state index >= 15 is 0 Å². The summed E-state index contributed by atoms with van der Waals surface area (Å²) in [6.07, 6.45) is 0. The number of furan rings is 1. The Morgan fingerprint density at radius 1 is 1.22 bits per heavy atom. The fraction of sp³-hybridized carbons (Fsp3) is 0.467. The first-order valence-electron chi connectivity index (χ1n) is 6.20. The Kier molecular flexibility index (Phi) is 3.35. The van der Waals surface area contributed by atoms with Crippen LogP contribution in [0.25, 0.3) is 11.0 Å². The van der Waals surface area contributed by atoms with Crippen LogP contribution in [0.5, 0.6) is 5.75 Å². The molecular weight excluding hydrogens is 226 g/mol. The van der Waals surface area contributed by atoms with Crippen LogP contribution < -0.4 is 10.1 Å². The highest BCUT2D eigenvalue weighted by Crippen LogP contribution is 2.36. The first kappa shape index (κ1) is 13.0. The maximum atomic E-state index is 5.93. The molecular formula is C15H21NO2. The molecule has 0 aliphatic rings. The molecule has 1 heterocycles. The molecule has 0 radical (unpaired) electrons. The summed E-state index contributed by atoms with van der Waals surface area (Å²) >= 11 is 0. The zero-order chi connectivity index (χ0) is 13.3. The number of nitrogens with one attached hydrogen (secondary N) is 1. The van der Waals surface area contributed by atoms with Gasteiger partial charge < -0.3 is 14.5 Å². The van der Waals surface area contributed by atoms with Crippen molar-refractivity contribution < 1.29 is 9.15 Å². The Labute approximate surface area is 108 Å². The third kappa shape index (κ3) is 2.36. The van der Waals surface area contributed by atoms with Gasteiger partial charge in [-0.1, -0.05) is 20.8 Å². The Morgan fingerprint density at radius 3 is 2.50 bits per heavy atom. The molecule has 18 heavy (non-hydrogen) atoms. The average Bonchev–Trinajstić information content (AvgIpc) is 2.69. The predicted molar refractivity (Wildman–Crippen MR) is 74.0 cm³/mol. The van der Waals surface area contributed by atoms with Gasteiger partial charge in [0.1, 0.15) is 17.1 Å². The molecule has 0 bridgehead atoms. The van der Waals surface area contributed by atoms with Crippen LogP contribution in [0.1, 0.15) is 32.6 Å². The molecule has 2 rings (SSSR count). The Morgan fingerprint density at radius 2 is 1.94 bits per heavy atom. The van der Waals surface area contributed by atoms with Crippen molar-refractivity contribution >= 4 is 11.0 Å². The number of hydrogen-bond donors (Lipinski definition) is 1. The van der Waals surface area contributed by atoms with Crippen LogP contribution >= 0.6 is 0 Å². The number of rotatable bonds is 3. The lowest BCUT2D eigenvalue weighted by Crippen LogP contribution is -2.29.